The SMILES string of the molecule is Cc1cccc(/C=C/C(=O)N2CC[NH+]([C@H]3CCS(=O)(=O)C3)CC2)c1. The highest BCUT2D eigenvalue weighted by Crippen LogP contribution is 2.10. The maximum absolute atomic E-state index is 12.3. The Bertz CT molecular complexity index is 734. The number of carbonyl (C=O) groups excluding carboxylic acids is 1. The lowest BCUT2D eigenvalue weighted by Crippen LogP contribution is -3.18. The second-order valence-corrected chi connectivity index (χ2v) is 9.06. The molecule has 130 valence electrons. The fraction of sp³-hybridized carbons (Fsp3) is 0.500. The van der Waals surface area contributed by atoms with Crippen molar-refractivity contribution in [2.24, 2.45) is 0 Å². The van der Waals surface area contributed by atoms with Gasteiger partial charge in [0.25, 0.3) is 0 Å². The summed E-state index contributed by atoms with van der Waals surface area (Å²) in [6.07, 6.45) is 4.26. The molecule has 0 bridgehead atoms. The van der Waals surface area contributed by atoms with Gasteiger partial charge < -0.3 is 9.80 Å². The Morgan fingerprint density at radius 3 is 2.67 bits per heavy atom. The number of nitrogens with zero attached hydrogens (tertiary/aromatic N) is 1. The quantitative estimate of drug-likeness (QED) is 0.777. The summed E-state index contributed by atoms with van der Waals surface area (Å²) in [7, 11) is -2.83. The summed E-state index contributed by atoms with van der Waals surface area (Å²) in [4.78, 5) is 15.5. The highest BCUT2D eigenvalue weighted by Gasteiger charge is 2.37. The first kappa shape index (κ1) is 17.2. The minimum absolute atomic E-state index is 0.0367. The first-order chi connectivity index (χ1) is 11.4. The van der Waals surface area contributed by atoms with Crippen LogP contribution in [0.25, 0.3) is 6.08 Å². The van der Waals surface area contributed by atoms with Crippen LogP contribution in [-0.2, 0) is 14.6 Å². The Morgan fingerprint density at radius 2 is 2.04 bits per heavy atom. The second-order valence-electron chi connectivity index (χ2n) is 6.83. The number of rotatable bonds is 3. The molecule has 2 fully saturated rings. The number of piperazine rings is 1. The molecule has 6 heteroatoms. The van der Waals surface area contributed by atoms with Gasteiger partial charge in [-0.05, 0) is 18.6 Å². The van der Waals surface area contributed by atoms with E-state index in [0.29, 0.717) is 24.6 Å². The minimum Gasteiger partial charge on any atom is -0.329 e. The predicted molar refractivity (Wildman–Crippen MR) is 94.5 cm³/mol. The zero-order valence-electron chi connectivity index (χ0n) is 14.1. The number of sulfone groups is 1. The Morgan fingerprint density at radius 1 is 1.29 bits per heavy atom. The maximum atomic E-state index is 12.3. The lowest BCUT2D eigenvalue weighted by molar-refractivity contribution is -0.925. The number of hydrogen-bond donors (Lipinski definition) is 1. The third-order valence-electron chi connectivity index (χ3n) is 4.99. The standard InChI is InChI=1S/C18H24N2O3S/c1-15-3-2-4-16(13-15)5-6-18(21)20-10-8-19(9-11-20)17-7-12-24(22,23)14-17/h2-6,13,17H,7-12,14H2,1H3/p+1/b6-5+/t17-/m0/s1. The smallest absolute Gasteiger partial charge is 0.246 e. The van der Waals surface area contributed by atoms with E-state index >= 15 is 0 Å². The average Bonchev–Trinajstić information content (AvgIpc) is 2.93. The number of quaternary nitrogens is 1. The number of nitrogens with one attached hydrogen (secondary N) is 1. The van der Waals surface area contributed by atoms with Crippen molar-refractivity contribution in [3.05, 3.63) is 41.5 Å². The van der Waals surface area contributed by atoms with E-state index in [4.69, 9.17) is 0 Å². The molecule has 1 atom stereocenters. The summed E-state index contributed by atoms with van der Waals surface area (Å²) in [5.41, 5.74) is 2.21. The van der Waals surface area contributed by atoms with Crippen molar-refractivity contribution in [3.8, 4) is 0 Å². The third-order valence-corrected chi connectivity index (χ3v) is 6.76. The maximum Gasteiger partial charge on any atom is 0.246 e. The van der Waals surface area contributed by atoms with Crippen molar-refractivity contribution in [2.45, 2.75) is 19.4 Å². The van der Waals surface area contributed by atoms with Crippen LogP contribution >= 0.6 is 0 Å². The molecule has 2 saturated heterocycles. The van der Waals surface area contributed by atoms with Gasteiger partial charge in [-0.15, -0.1) is 0 Å². The van der Waals surface area contributed by atoms with Crippen LogP contribution in [0.3, 0.4) is 0 Å². The molecule has 0 aliphatic carbocycles. The van der Waals surface area contributed by atoms with Crippen molar-refractivity contribution in [3.63, 3.8) is 0 Å². The average molecular weight is 349 g/mol. The van der Waals surface area contributed by atoms with Crippen LogP contribution in [0.1, 0.15) is 17.5 Å². The van der Waals surface area contributed by atoms with Crippen molar-refractivity contribution in [2.75, 3.05) is 37.7 Å². The van der Waals surface area contributed by atoms with Crippen LogP contribution in [0.5, 0.6) is 0 Å². The van der Waals surface area contributed by atoms with Gasteiger partial charge in [0.2, 0.25) is 5.91 Å². The van der Waals surface area contributed by atoms with E-state index in [0.717, 1.165) is 25.1 Å². The van der Waals surface area contributed by atoms with Crippen LogP contribution in [0.4, 0.5) is 0 Å². The van der Waals surface area contributed by atoms with Gasteiger partial charge in [-0.3, -0.25) is 4.79 Å². The van der Waals surface area contributed by atoms with Gasteiger partial charge in [-0.2, -0.15) is 0 Å². The van der Waals surface area contributed by atoms with Crippen LogP contribution in [0.2, 0.25) is 0 Å². The first-order valence-corrected chi connectivity index (χ1v) is 10.3. The number of benzene rings is 1. The van der Waals surface area contributed by atoms with Crippen molar-refractivity contribution < 1.29 is 18.1 Å². The summed E-state index contributed by atoms with van der Waals surface area (Å²) < 4.78 is 23.2. The molecule has 3 rings (SSSR count). The van der Waals surface area contributed by atoms with Crippen molar-refractivity contribution in [1.82, 2.24) is 4.90 Å². The van der Waals surface area contributed by atoms with E-state index in [-0.39, 0.29) is 11.9 Å². The van der Waals surface area contributed by atoms with Crippen LogP contribution in [0.15, 0.2) is 30.3 Å². The van der Waals surface area contributed by atoms with Gasteiger partial charge in [0, 0.05) is 12.5 Å². The molecule has 24 heavy (non-hydrogen) atoms. The van der Waals surface area contributed by atoms with E-state index in [2.05, 4.69) is 0 Å². The number of carbonyl (C=O) groups is 1. The summed E-state index contributed by atoms with van der Waals surface area (Å²) >= 11 is 0. The zero-order chi connectivity index (χ0) is 17.2. The lowest BCUT2D eigenvalue weighted by atomic mass is 10.1. The highest BCUT2D eigenvalue weighted by molar-refractivity contribution is 7.91. The minimum atomic E-state index is -2.83. The van der Waals surface area contributed by atoms with E-state index in [1.165, 1.54) is 10.5 Å². The van der Waals surface area contributed by atoms with Gasteiger partial charge in [0.05, 0.1) is 31.9 Å². The molecule has 1 aromatic carbocycles. The van der Waals surface area contributed by atoms with Crippen molar-refractivity contribution in [1.29, 1.82) is 0 Å². The molecule has 2 aliphatic rings. The second kappa shape index (κ2) is 7.07. The Labute approximate surface area is 143 Å². The van der Waals surface area contributed by atoms with Gasteiger partial charge >= 0.3 is 0 Å². The summed E-state index contributed by atoms with van der Waals surface area (Å²) in [5.74, 6) is 0.668. The molecular formula is C18H25N2O3S+. The Balaban J connectivity index is 1.52. The lowest BCUT2D eigenvalue weighted by Gasteiger charge is -2.34. The zero-order valence-corrected chi connectivity index (χ0v) is 14.9. The molecule has 5 nitrogen and oxygen atoms in total. The summed E-state index contributed by atoms with van der Waals surface area (Å²) in [5, 5.41) is 0. The Kier molecular flexibility index (Phi) is 5.06. The largest absolute Gasteiger partial charge is 0.329 e. The molecule has 0 unspecified atom stereocenters. The number of aryl methyl sites for hydroxylation is 1. The summed E-state index contributed by atoms with van der Waals surface area (Å²) in [6, 6.07) is 8.27. The molecule has 0 radical (unpaired) electrons. The molecular weight excluding hydrogens is 324 g/mol. The normalized spacial score (nSPS) is 24.5. The van der Waals surface area contributed by atoms with Crippen LogP contribution in [0, 0.1) is 6.92 Å². The molecule has 0 spiro atoms. The van der Waals surface area contributed by atoms with Gasteiger partial charge in [0.1, 0.15) is 11.8 Å². The fourth-order valence-electron chi connectivity index (χ4n) is 3.59. The topological polar surface area (TPSA) is 58.9 Å². The molecule has 0 saturated carbocycles. The third kappa shape index (κ3) is 4.24. The fourth-order valence-corrected chi connectivity index (χ4v) is 5.41. The molecule has 2 aliphatic heterocycles. The van der Waals surface area contributed by atoms with E-state index in [9.17, 15) is 13.2 Å². The Hall–Kier alpha value is -1.66. The predicted octanol–water partition coefficient (Wildman–Crippen LogP) is -0.0776. The number of amides is 1. The highest BCUT2D eigenvalue weighted by atomic mass is 32.2. The first-order valence-electron chi connectivity index (χ1n) is 8.52. The van der Waals surface area contributed by atoms with Gasteiger partial charge in [-0.1, -0.05) is 29.8 Å². The van der Waals surface area contributed by atoms with Gasteiger partial charge in [0.15, 0.2) is 9.84 Å². The molecule has 1 amide bonds. The molecule has 1 aromatic rings. The van der Waals surface area contributed by atoms with Crippen LogP contribution in [-0.4, -0.2) is 63.0 Å². The van der Waals surface area contributed by atoms with Gasteiger partial charge in [-0.25, -0.2) is 8.42 Å². The van der Waals surface area contributed by atoms with E-state index in [1.54, 1.807) is 6.08 Å². The van der Waals surface area contributed by atoms with Crippen molar-refractivity contribution >= 4 is 21.8 Å². The molecule has 0 aromatic heterocycles. The monoisotopic (exact) mass is 349 g/mol. The molecule has 2 heterocycles. The van der Waals surface area contributed by atoms with E-state index < -0.39 is 9.84 Å². The van der Waals surface area contributed by atoms with Crippen LogP contribution < -0.4 is 4.90 Å². The molecule has 1 N–H and O–H groups in total. The number of hydrogen-bond acceptors (Lipinski definition) is 3. The summed E-state index contributed by atoms with van der Waals surface area (Å²) in [6.45, 7) is 5.10. The van der Waals surface area contributed by atoms with E-state index in [1.807, 2.05) is 42.2 Å².